The number of ether oxygens (including phenoxy) is 1. The van der Waals surface area contributed by atoms with Crippen molar-refractivity contribution in [2.75, 3.05) is 12.4 Å². The number of carbonyl (C=O) groups excluding carboxylic acids is 1. The average molecular weight is 332 g/mol. The fourth-order valence-electron chi connectivity index (χ4n) is 2.26. The number of hydrogen-bond donors (Lipinski definition) is 1. The van der Waals surface area contributed by atoms with E-state index in [1.165, 1.54) is 24.6 Å². The average Bonchev–Trinajstić information content (AvgIpc) is 3.33. The third kappa shape index (κ3) is 3.67. The number of aromatic nitrogens is 3. The van der Waals surface area contributed by atoms with Gasteiger partial charge in [-0.25, -0.2) is 0 Å². The number of thioether (sulfide) groups is 1. The van der Waals surface area contributed by atoms with E-state index in [0.29, 0.717) is 5.92 Å². The number of anilines is 1. The SMILES string of the molecule is COc1ccc(NC(=O)[C@@H](C)Sc2nnc(C3CC3)n2C)cc1. The molecular formula is C16H20N4O2S. The predicted molar refractivity (Wildman–Crippen MR) is 89.9 cm³/mol. The van der Waals surface area contributed by atoms with E-state index in [0.717, 1.165) is 22.4 Å². The summed E-state index contributed by atoms with van der Waals surface area (Å²) in [4.78, 5) is 12.3. The molecule has 122 valence electrons. The molecule has 1 amide bonds. The topological polar surface area (TPSA) is 69.0 Å². The van der Waals surface area contributed by atoms with Gasteiger partial charge in [-0.3, -0.25) is 4.79 Å². The largest absolute Gasteiger partial charge is 0.497 e. The van der Waals surface area contributed by atoms with Crippen LogP contribution in [0.1, 0.15) is 31.5 Å². The maximum absolute atomic E-state index is 12.3. The first-order valence-corrected chi connectivity index (χ1v) is 8.47. The van der Waals surface area contributed by atoms with Gasteiger partial charge in [0.25, 0.3) is 0 Å². The van der Waals surface area contributed by atoms with Crippen LogP contribution in [0.2, 0.25) is 0 Å². The third-order valence-electron chi connectivity index (χ3n) is 3.82. The second-order valence-electron chi connectivity index (χ2n) is 5.65. The fraction of sp³-hybridized carbons (Fsp3) is 0.438. The smallest absolute Gasteiger partial charge is 0.237 e. The molecule has 1 saturated carbocycles. The molecule has 0 spiro atoms. The van der Waals surface area contributed by atoms with Crippen molar-refractivity contribution in [1.29, 1.82) is 0 Å². The highest BCUT2D eigenvalue weighted by Gasteiger charge is 2.30. The van der Waals surface area contributed by atoms with Gasteiger partial charge >= 0.3 is 0 Å². The number of hydrogen-bond acceptors (Lipinski definition) is 5. The molecule has 0 aliphatic heterocycles. The normalized spacial score (nSPS) is 15.3. The number of rotatable bonds is 6. The van der Waals surface area contributed by atoms with Gasteiger partial charge in [0.05, 0.1) is 12.4 Å². The van der Waals surface area contributed by atoms with Crippen LogP contribution in [0.15, 0.2) is 29.4 Å². The standard InChI is InChI=1S/C16H20N4O2S/c1-10(15(21)17-12-6-8-13(22-3)9-7-12)23-16-19-18-14(20(16)2)11-4-5-11/h6-11H,4-5H2,1-3H3,(H,17,21)/t10-/m1/s1. The molecule has 1 N–H and O–H groups in total. The lowest BCUT2D eigenvalue weighted by Gasteiger charge is -2.12. The maximum Gasteiger partial charge on any atom is 0.237 e. The predicted octanol–water partition coefficient (Wildman–Crippen LogP) is 2.82. The quantitative estimate of drug-likeness (QED) is 0.824. The molecule has 23 heavy (non-hydrogen) atoms. The molecule has 1 atom stereocenters. The van der Waals surface area contributed by atoms with Crippen molar-refractivity contribution in [2.24, 2.45) is 7.05 Å². The number of methoxy groups -OCH3 is 1. The van der Waals surface area contributed by atoms with E-state index in [4.69, 9.17) is 4.74 Å². The summed E-state index contributed by atoms with van der Waals surface area (Å²) in [7, 11) is 3.58. The Morgan fingerprint density at radius 2 is 2.04 bits per heavy atom. The molecule has 0 unspecified atom stereocenters. The number of carbonyl (C=O) groups is 1. The van der Waals surface area contributed by atoms with Gasteiger partial charge < -0.3 is 14.6 Å². The molecule has 7 heteroatoms. The molecule has 1 aliphatic rings. The van der Waals surface area contributed by atoms with Crippen molar-refractivity contribution < 1.29 is 9.53 Å². The highest BCUT2D eigenvalue weighted by atomic mass is 32.2. The van der Waals surface area contributed by atoms with Crippen LogP contribution in [-0.2, 0) is 11.8 Å². The highest BCUT2D eigenvalue weighted by molar-refractivity contribution is 8.00. The minimum absolute atomic E-state index is 0.0591. The Kier molecular flexibility index (Phi) is 4.56. The summed E-state index contributed by atoms with van der Waals surface area (Å²) >= 11 is 1.42. The van der Waals surface area contributed by atoms with Crippen LogP contribution in [0.5, 0.6) is 5.75 Å². The van der Waals surface area contributed by atoms with Gasteiger partial charge in [0.15, 0.2) is 5.16 Å². The minimum Gasteiger partial charge on any atom is -0.497 e. The molecule has 1 heterocycles. The molecule has 1 fully saturated rings. The van der Waals surface area contributed by atoms with Crippen molar-refractivity contribution in [1.82, 2.24) is 14.8 Å². The second kappa shape index (κ2) is 6.62. The first-order valence-electron chi connectivity index (χ1n) is 7.59. The zero-order chi connectivity index (χ0) is 16.4. The van der Waals surface area contributed by atoms with Gasteiger partial charge in [0.1, 0.15) is 11.6 Å². The van der Waals surface area contributed by atoms with Crippen LogP contribution in [-0.4, -0.2) is 33.0 Å². The van der Waals surface area contributed by atoms with Gasteiger partial charge in [-0.15, -0.1) is 10.2 Å². The van der Waals surface area contributed by atoms with Crippen LogP contribution < -0.4 is 10.1 Å². The molecule has 2 aromatic rings. The van der Waals surface area contributed by atoms with E-state index in [2.05, 4.69) is 15.5 Å². The van der Waals surface area contributed by atoms with Gasteiger partial charge in [-0.05, 0) is 44.0 Å². The van der Waals surface area contributed by atoms with Crippen LogP contribution in [0.25, 0.3) is 0 Å². The van der Waals surface area contributed by atoms with E-state index >= 15 is 0 Å². The Balaban J connectivity index is 1.60. The van der Waals surface area contributed by atoms with E-state index in [9.17, 15) is 4.79 Å². The molecular weight excluding hydrogens is 312 g/mol. The number of amides is 1. The number of nitrogens with one attached hydrogen (secondary N) is 1. The summed E-state index contributed by atoms with van der Waals surface area (Å²) < 4.78 is 7.11. The van der Waals surface area contributed by atoms with E-state index < -0.39 is 0 Å². The van der Waals surface area contributed by atoms with Crippen LogP contribution in [0, 0.1) is 0 Å². The van der Waals surface area contributed by atoms with Crippen LogP contribution in [0.3, 0.4) is 0 Å². The second-order valence-corrected chi connectivity index (χ2v) is 6.96. The summed E-state index contributed by atoms with van der Waals surface area (Å²) in [6.07, 6.45) is 2.37. The minimum atomic E-state index is -0.257. The molecule has 1 aromatic heterocycles. The van der Waals surface area contributed by atoms with Gasteiger partial charge in [0.2, 0.25) is 5.91 Å². The Bertz CT molecular complexity index is 695. The lowest BCUT2D eigenvalue weighted by molar-refractivity contribution is -0.115. The summed E-state index contributed by atoms with van der Waals surface area (Å²) in [6, 6.07) is 7.28. The molecule has 0 radical (unpaired) electrons. The Labute approximate surface area is 139 Å². The Morgan fingerprint density at radius 3 is 2.65 bits per heavy atom. The summed E-state index contributed by atoms with van der Waals surface area (Å²) in [5.74, 6) is 2.27. The molecule has 0 saturated heterocycles. The van der Waals surface area contributed by atoms with E-state index in [-0.39, 0.29) is 11.2 Å². The molecule has 1 aromatic carbocycles. The van der Waals surface area contributed by atoms with Crippen molar-refractivity contribution in [3.63, 3.8) is 0 Å². The molecule has 0 bridgehead atoms. The molecule has 1 aliphatic carbocycles. The lowest BCUT2D eigenvalue weighted by atomic mass is 10.3. The van der Waals surface area contributed by atoms with E-state index in [1.54, 1.807) is 7.11 Å². The first kappa shape index (κ1) is 15.9. The van der Waals surface area contributed by atoms with Gasteiger partial charge in [-0.1, -0.05) is 11.8 Å². The molecule has 6 nitrogen and oxygen atoms in total. The summed E-state index contributed by atoms with van der Waals surface area (Å²) in [6.45, 7) is 1.87. The summed E-state index contributed by atoms with van der Waals surface area (Å²) in [5, 5.41) is 11.9. The lowest BCUT2D eigenvalue weighted by Crippen LogP contribution is -2.22. The third-order valence-corrected chi connectivity index (χ3v) is 4.95. The van der Waals surface area contributed by atoms with Crippen molar-refractivity contribution in [3.05, 3.63) is 30.1 Å². The van der Waals surface area contributed by atoms with E-state index in [1.807, 2.05) is 42.8 Å². The van der Waals surface area contributed by atoms with Crippen LogP contribution >= 0.6 is 11.8 Å². The van der Waals surface area contributed by atoms with Crippen molar-refractivity contribution in [3.8, 4) is 5.75 Å². The Hall–Kier alpha value is -2.02. The van der Waals surface area contributed by atoms with Crippen molar-refractivity contribution in [2.45, 2.75) is 36.1 Å². The summed E-state index contributed by atoms with van der Waals surface area (Å²) in [5.41, 5.74) is 0.750. The number of nitrogens with zero attached hydrogens (tertiary/aromatic N) is 3. The number of benzene rings is 1. The molecule has 3 rings (SSSR count). The monoisotopic (exact) mass is 332 g/mol. The zero-order valence-corrected chi connectivity index (χ0v) is 14.3. The van der Waals surface area contributed by atoms with Gasteiger partial charge in [0, 0.05) is 18.7 Å². The highest BCUT2D eigenvalue weighted by Crippen LogP contribution is 2.39. The Morgan fingerprint density at radius 1 is 1.35 bits per heavy atom. The zero-order valence-electron chi connectivity index (χ0n) is 13.4. The maximum atomic E-state index is 12.3. The van der Waals surface area contributed by atoms with Gasteiger partial charge in [-0.2, -0.15) is 0 Å². The van der Waals surface area contributed by atoms with Crippen molar-refractivity contribution >= 4 is 23.4 Å². The first-order chi connectivity index (χ1) is 11.1. The van der Waals surface area contributed by atoms with Crippen LogP contribution in [0.4, 0.5) is 5.69 Å². The fourth-order valence-corrected chi connectivity index (χ4v) is 3.08.